The van der Waals surface area contributed by atoms with Crippen molar-refractivity contribution in [1.82, 2.24) is 19.7 Å². The highest BCUT2D eigenvalue weighted by Gasteiger charge is 2.19. The van der Waals surface area contributed by atoms with E-state index in [0.29, 0.717) is 40.6 Å². The van der Waals surface area contributed by atoms with Gasteiger partial charge in [0.1, 0.15) is 0 Å². The molecule has 4 rings (SSSR count). The van der Waals surface area contributed by atoms with Crippen molar-refractivity contribution in [3.8, 4) is 5.69 Å². The lowest BCUT2D eigenvalue weighted by molar-refractivity contribution is -0.113. The normalized spacial score (nSPS) is 14.5. The van der Waals surface area contributed by atoms with Gasteiger partial charge in [0, 0.05) is 23.8 Å². The maximum Gasteiger partial charge on any atom is 0.234 e. The van der Waals surface area contributed by atoms with Crippen molar-refractivity contribution >= 4 is 46.6 Å². The molecule has 1 saturated heterocycles. The van der Waals surface area contributed by atoms with Crippen molar-refractivity contribution in [3.05, 3.63) is 64.4 Å². The number of halogens is 2. The fourth-order valence-electron chi connectivity index (χ4n) is 3.20. The first-order valence-corrected chi connectivity index (χ1v) is 11.5. The molecule has 1 aliphatic heterocycles. The number of hydrogen-bond donors (Lipinski definition) is 1. The highest BCUT2D eigenvalue weighted by Crippen LogP contribution is 2.27. The Balaban J connectivity index is 1.49. The number of hydrogen-bond acceptors (Lipinski definition) is 6. The summed E-state index contributed by atoms with van der Waals surface area (Å²) in [5.41, 5.74) is 1.44. The summed E-state index contributed by atoms with van der Waals surface area (Å²) >= 11 is 13.5. The number of benzene rings is 2. The van der Waals surface area contributed by atoms with E-state index < -0.39 is 0 Å². The summed E-state index contributed by atoms with van der Waals surface area (Å²) in [6.07, 6.45) is 0. The Morgan fingerprint density at radius 3 is 2.65 bits per heavy atom. The standard InChI is InChI=1S/C21H21Cl2N5O2S/c22-15-6-7-17(23)18(12-15)24-20(29)14-31-21-26-25-19(13-27-8-10-30-11-9-27)28(21)16-4-2-1-3-5-16/h1-7,12H,8-11,13-14H2,(H,24,29). The molecule has 0 unspecified atom stereocenters. The summed E-state index contributed by atoms with van der Waals surface area (Å²) in [6, 6.07) is 14.9. The number of anilines is 1. The Morgan fingerprint density at radius 2 is 1.87 bits per heavy atom. The number of nitrogens with one attached hydrogen (secondary N) is 1. The molecule has 0 bridgehead atoms. The maximum atomic E-state index is 12.5. The minimum absolute atomic E-state index is 0.158. The average Bonchev–Trinajstić information content (AvgIpc) is 3.18. The van der Waals surface area contributed by atoms with Crippen LogP contribution in [0, 0.1) is 0 Å². The first kappa shape index (κ1) is 22.1. The van der Waals surface area contributed by atoms with E-state index in [2.05, 4.69) is 20.4 Å². The minimum Gasteiger partial charge on any atom is -0.379 e. The molecule has 7 nitrogen and oxygen atoms in total. The monoisotopic (exact) mass is 477 g/mol. The van der Waals surface area contributed by atoms with Gasteiger partial charge < -0.3 is 10.1 Å². The molecule has 10 heteroatoms. The maximum absolute atomic E-state index is 12.5. The van der Waals surface area contributed by atoms with Crippen LogP contribution in [0.15, 0.2) is 53.7 Å². The Bertz CT molecular complexity index is 1040. The van der Waals surface area contributed by atoms with Crippen molar-refractivity contribution < 1.29 is 9.53 Å². The second-order valence-corrected chi connectivity index (χ2v) is 8.71. The summed E-state index contributed by atoms with van der Waals surface area (Å²) in [4.78, 5) is 14.8. The summed E-state index contributed by atoms with van der Waals surface area (Å²) < 4.78 is 7.44. The smallest absolute Gasteiger partial charge is 0.234 e. The molecule has 0 atom stereocenters. The second kappa shape index (κ2) is 10.5. The molecule has 1 amide bonds. The Labute approximate surface area is 194 Å². The summed E-state index contributed by atoms with van der Waals surface area (Å²) in [6.45, 7) is 3.80. The summed E-state index contributed by atoms with van der Waals surface area (Å²) in [7, 11) is 0. The molecular formula is C21H21Cl2N5O2S. The van der Waals surface area contributed by atoms with Gasteiger partial charge in [0.15, 0.2) is 11.0 Å². The van der Waals surface area contributed by atoms with Gasteiger partial charge in [-0.2, -0.15) is 0 Å². The van der Waals surface area contributed by atoms with Crippen molar-refractivity contribution in [1.29, 1.82) is 0 Å². The predicted molar refractivity (Wildman–Crippen MR) is 123 cm³/mol. The third-order valence-corrected chi connectivity index (χ3v) is 6.21. The van der Waals surface area contributed by atoms with E-state index in [1.807, 2.05) is 34.9 Å². The van der Waals surface area contributed by atoms with Crippen LogP contribution in [0.2, 0.25) is 10.0 Å². The zero-order chi connectivity index (χ0) is 21.6. The van der Waals surface area contributed by atoms with E-state index >= 15 is 0 Å². The molecule has 3 aromatic rings. The fraction of sp³-hybridized carbons (Fsp3) is 0.286. The first-order chi connectivity index (χ1) is 15.1. The molecule has 0 spiro atoms. The number of morpholine rings is 1. The van der Waals surface area contributed by atoms with Crippen LogP contribution < -0.4 is 5.32 Å². The highest BCUT2D eigenvalue weighted by molar-refractivity contribution is 7.99. The van der Waals surface area contributed by atoms with Gasteiger partial charge in [0.05, 0.1) is 36.2 Å². The van der Waals surface area contributed by atoms with E-state index in [1.165, 1.54) is 11.8 Å². The number of carbonyl (C=O) groups excluding carboxylic acids is 1. The Morgan fingerprint density at radius 1 is 1.10 bits per heavy atom. The SMILES string of the molecule is O=C(CSc1nnc(CN2CCOCC2)n1-c1ccccc1)Nc1cc(Cl)ccc1Cl. The number of amides is 1. The van der Waals surface area contributed by atoms with Gasteiger partial charge in [-0.3, -0.25) is 14.3 Å². The third-order valence-electron chi connectivity index (χ3n) is 4.72. The van der Waals surface area contributed by atoms with Gasteiger partial charge in [-0.25, -0.2) is 0 Å². The van der Waals surface area contributed by atoms with Crippen molar-refractivity contribution in [2.75, 3.05) is 37.4 Å². The third kappa shape index (κ3) is 5.78. The molecule has 2 aromatic carbocycles. The average molecular weight is 478 g/mol. The zero-order valence-electron chi connectivity index (χ0n) is 16.6. The molecule has 0 radical (unpaired) electrons. The van der Waals surface area contributed by atoms with Crippen LogP contribution in [0.1, 0.15) is 5.82 Å². The largest absolute Gasteiger partial charge is 0.379 e. The number of carbonyl (C=O) groups is 1. The molecule has 1 fully saturated rings. The van der Waals surface area contributed by atoms with E-state index in [1.54, 1.807) is 18.2 Å². The molecule has 0 saturated carbocycles. The molecule has 2 heterocycles. The first-order valence-electron chi connectivity index (χ1n) is 9.77. The van der Waals surface area contributed by atoms with Crippen LogP contribution in [0.5, 0.6) is 0 Å². The quantitative estimate of drug-likeness (QED) is 0.515. The molecule has 1 aromatic heterocycles. The van der Waals surface area contributed by atoms with Crippen molar-refractivity contribution in [2.24, 2.45) is 0 Å². The van der Waals surface area contributed by atoms with Crippen LogP contribution in [0.3, 0.4) is 0 Å². The van der Waals surface area contributed by atoms with Crippen LogP contribution in [-0.2, 0) is 16.1 Å². The van der Waals surface area contributed by atoms with Gasteiger partial charge in [-0.05, 0) is 30.3 Å². The number of ether oxygens (including phenoxy) is 1. The molecular weight excluding hydrogens is 457 g/mol. The topological polar surface area (TPSA) is 72.3 Å². The lowest BCUT2D eigenvalue weighted by Crippen LogP contribution is -2.36. The minimum atomic E-state index is -0.202. The van der Waals surface area contributed by atoms with E-state index in [9.17, 15) is 4.79 Å². The highest BCUT2D eigenvalue weighted by atomic mass is 35.5. The number of thioether (sulfide) groups is 1. The molecule has 162 valence electrons. The Kier molecular flexibility index (Phi) is 7.47. The van der Waals surface area contributed by atoms with Crippen LogP contribution in [0.25, 0.3) is 5.69 Å². The van der Waals surface area contributed by atoms with Crippen LogP contribution in [-0.4, -0.2) is 57.6 Å². The number of nitrogens with zero attached hydrogens (tertiary/aromatic N) is 4. The van der Waals surface area contributed by atoms with Crippen LogP contribution in [0.4, 0.5) is 5.69 Å². The van der Waals surface area contributed by atoms with Gasteiger partial charge >= 0.3 is 0 Å². The molecule has 31 heavy (non-hydrogen) atoms. The fourth-order valence-corrected chi connectivity index (χ4v) is 4.31. The lowest BCUT2D eigenvalue weighted by atomic mass is 10.3. The molecule has 0 aliphatic carbocycles. The summed E-state index contributed by atoms with van der Waals surface area (Å²) in [5.74, 6) is 0.783. The van der Waals surface area contributed by atoms with E-state index in [0.717, 1.165) is 24.6 Å². The number of para-hydroxylation sites is 1. The van der Waals surface area contributed by atoms with E-state index in [-0.39, 0.29) is 11.7 Å². The van der Waals surface area contributed by atoms with Gasteiger partial charge in [0.2, 0.25) is 5.91 Å². The van der Waals surface area contributed by atoms with Gasteiger partial charge in [-0.15, -0.1) is 10.2 Å². The van der Waals surface area contributed by atoms with E-state index in [4.69, 9.17) is 27.9 Å². The van der Waals surface area contributed by atoms with Crippen LogP contribution >= 0.6 is 35.0 Å². The zero-order valence-corrected chi connectivity index (χ0v) is 19.0. The Hall–Kier alpha value is -2.10. The number of aromatic nitrogens is 3. The lowest BCUT2D eigenvalue weighted by Gasteiger charge is -2.26. The second-order valence-electron chi connectivity index (χ2n) is 6.92. The van der Waals surface area contributed by atoms with Crippen molar-refractivity contribution in [3.63, 3.8) is 0 Å². The van der Waals surface area contributed by atoms with Crippen molar-refractivity contribution in [2.45, 2.75) is 11.7 Å². The summed E-state index contributed by atoms with van der Waals surface area (Å²) in [5, 5.41) is 13.2. The van der Waals surface area contributed by atoms with Gasteiger partial charge in [0.25, 0.3) is 0 Å². The number of rotatable bonds is 7. The molecule has 1 aliphatic rings. The molecule has 1 N–H and O–H groups in total. The van der Waals surface area contributed by atoms with Gasteiger partial charge in [-0.1, -0.05) is 53.2 Å². The predicted octanol–water partition coefficient (Wildman–Crippen LogP) is 4.14.